The standard InChI is InChI=1S/C17H24N4O2/c1-2-6-14-19-13(10-22-14)15-20-16(23-21-15)12-9-18-11-17(12)7-4-3-5-8-17/h10,12,18H,2-9,11H2,1H3. The topological polar surface area (TPSA) is 77.0 Å². The van der Waals surface area contributed by atoms with E-state index in [1.807, 2.05) is 0 Å². The highest BCUT2D eigenvalue weighted by Crippen LogP contribution is 2.49. The minimum atomic E-state index is 0.305. The number of rotatable bonds is 4. The Morgan fingerprint density at radius 2 is 2.13 bits per heavy atom. The van der Waals surface area contributed by atoms with E-state index in [0.717, 1.165) is 37.7 Å². The monoisotopic (exact) mass is 316 g/mol. The number of aromatic nitrogens is 3. The van der Waals surface area contributed by atoms with E-state index >= 15 is 0 Å². The van der Waals surface area contributed by atoms with E-state index in [0.29, 0.717) is 22.9 Å². The summed E-state index contributed by atoms with van der Waals surface area (Å²) >= 11 is 0. The number of nitrogens with zero attached hydrogens (tertiary/aromatic N) is 3. The van der Waals surface area contributed by atoms with Crippen molar-refractivity contribution in [3.05, 3.63) is 18.0 Å². The lowest BCUT2D eigenvalue weighted by molar-refractivity contribution is 0.165. The third-order valence-electron chi connectivity index (χ3n) is 5.40. The van der Waals surface area contributed by atoms with Crippen LogP contribution in [0, 0.1) is 5.41 Å². The Bertz CT molecular complexity index is 657. The third kappa shape index (κ3) is 2.69. The smallest absolute Gasteiger partial charge is 0.232 e. The molecule has 0 amide bonds. The number of hydrogen-bond donors (Lipinski definition) is 1. The normalized spacial score (nSPS) is 23.6. The molecule has 1 aliphatic heterocycles. The van der Waals surface area contributed by atoms with Gasteiger partial charge in [0, 0.05) is 19.5 Å². The predicted molar refractivity (Wildman–Crippen MR) is 84.9 cm³/mol. The number of aryl methyl sites for hydroxylation is 1. The van der Waals surface area contributed by atoms with Crippen molar-refractivity contribution in [2.45, 2.75) is 57.8 Å². The Morgan fingerprint density at radius 3 is 2.96 bits per heavy atom. The lowest BCUT2D eigenvalue weighted by Crippen LogP contribution is -2.31. The van der Waals surface area contributed by atoms with Crippen molar-refractivity contribution in [1.82, 2.24) is 20.4 Å². The molecule has 1 aliphatic carbocycles. The van der Waals surface area contributed by atoms with E-state index in [-0.39, 0.29) is 0 Å². The summed E-state index contributed by atoms with van der Waals surface area (Å²) in [5.41, 5.74) is 0.978. The molecule has 2 fully saturated rings. The molecule has 1 atom stereocenters. The first-order valence-electron chi connectivity index (χ1n) is 8.80. The average Bonchev–Trinajstić information content (AvgIpc) is 3.28. The van der Waals surface area contributed by atoms with Crippen LogP contribution in [0.3, 0.4) is 0 Å². The van der Waals surface area contributed by atoms with Crippen LogP contribution in [0.4, 0.5) is 0 Å². The molecule has 124 valence electrons. The maximum Gasteiger partial charge on any atom is 0.232 e. The highest BCUT2D eigenvalue weighted by Gasteiger charge is 2.46. The lowest BCUT2D eigenvalue weighted by atomic mass is 9.67. The van der Waals surface area contributed by atoms with Crippen molar-refractivity contribution in [2.24, 2.45) is 5.41 Å². The molecule has 3 heterocycles. The molecule has 0 bridgehead atoms. The molecule has 2 aromatic heterocycles. The van der Waals surface area contributed by atoms with Gasteiger partial charge in [-0.2, -0.15) is 4.98 Å². The summed E-state index contributed by atoms with van der Waals surface area (Å²) in [6, 6.07) is 0. The second kappa shape index (κ2) is 6.07. The van der Waals surface area contributed by atoms with Gasteiger partial charge >= 0.3 is 0 Å². The number of nitrogens with one attached hydrogen (secondary N) is 1. The molecule has 23 heavy (non-hydrogen) atoms. The van der Waals surface area contributed by atoms with E-state index in [1.165, 1.54) is 32.1 Å². The number of oxazole rings is 1. The molecule has 1 saturated carbocycles. The fourth-order valence-electron chi connectivity index (χ4n) is 4.16. The predicted octanol–water partition coefficient (Wildman–Crippen LogP) is 3.31. The molecule has 2 aliphatic rings. The van der Waals surface area contributed by atoms with E-state index in [2.05, 4.69) is 27.4 Å². The zero-order chi connectivity index (χ0) is 15.7. The SMILES string of the molecule is CCCc1nc(-c2noc(C3CNCC34CCCCC4)n2)co1. The van der Waals surface area contributed by atoms with E-state index in [9.17, 15) is 0 Å². The second-order valence-corrected chi connectivity index (χ2v) is 6.94. The van der Waals surface area contributed by atoms with Crippen LogP contribution in [-0.2, 0) is 6.42 Å². The summed E-state index contributed by atoms with van der Waals surface area (Å²) in [4.78, 5) is 9.09. The van der Waals surface area contributed by atoms with Gasteiger partial charge in [0.25, 0.3) is 0 Å². The zero-order valence-corrected chi connectivity index (χ0v) is 13.7. The number of hydrogen-bond acceptors (Lipinski definition) is 6. The molecule has 6 heteroatoms. The van der Waals surface area contributed by atoms with Crippen LogP contribution >= 0.6 is 0 Å². The highest BCUT2D eigenvalue weighted by atomic mass is 16.5. The van der Waals surface area contributed by atoms with Crippen LogP contribution in [0.2, 0.25) is 0 Å². The second-order valence-electron chi connectivity index (χ2n) is 6.94. The van der Waals surface area contributed by atoms with Gasteiger partial charge in [0.15, 0.2) is 5.89 Å². The minimum Gasteiger partial charge on any atom is -0.448 e. The molecule has 0 aromatic carbocycles. The molecular formula is C17H24N4O2. The average molecular weight is 316 g/mol. The van der Waals surface area contributed by atoms with Crippen molar-refractivity contribution in [3.63, 3.8) is 0 Å². The highest BCUT2D eigenvalue weighted by molar-refractivity contribution is 5.46. The van der Waals surface area contributed by atoms with Gasteiger partial charge in [-0.05, 0) is 24.7 Å². The van der Waals surface area contributed by atoms with Crippen molar-refractivity contribution in [1.29, 1.82) is 0 Å². The fourth-order valence-corrected chi connectivity index (χ4v) is 4.16. The van der Waals surface area contributed by atoms with Crippen molar-refractivity contribution in [3.8, 4) is 11.5 Å². The van der Waals surface area contributed by atoms with E-state index < -0.39 is 0 Å². The first-order valence-corrected chi connectivity index (χ1v) is 8.80. The molecule has 1 N–H and O–H groups in total. The van der Waals surface area contributed by atoms with E-state index in [1.54, 1.807) is 6.26 Å². The lowest BCUT2D eigenvalue weighted by Gasteiger charge is -2.36. The molecule has 1 saturated heterocycles. The molecule has 0 radical (unpaired) electrons. The fraction of sp³-hybridized carbons (Fsp3) is 0.706. The van der Waals surface area contributed by atoms with Gasteiger partial charge in [0.2, 0.25) is 11.7 Å². The van der Waals surface area contributed by atoms with Crippen LogP contribution < -0.4 is 5.32 Å². The first kappa shape index (κ1) is 14.9. The van der Waals surface area contributed by atoms with Crippen LogP contribution in [0.1, 0.15) is 63.1 Å². The van der Waals surface area contributed by atoms with Gasteiger partial charge in [-0.3, -0.25) is 0 Å². The molecular weight excluding hydrogens is 292 g/mol. The van der Waals surface area contributed by atoms with Gasteiger partial charge in [-0.25, -0.2) is 4.98 Å². The summed E-state index contributed by atoms with van der Waals surface area (Å²) in [7, 11) is 0. The Kier molecular flexibility index (Phi) is 3.93. The minimum absolute atomic E-state index is 0.305. The van der Waals surface area contributed by atoms with Crippen molar-refractivity contribution >= 4 is 0 Å². The quantitative estimate of drug-likeness (QED) is 0.932. The largest absolute Gasteiger partial charge is 0.448 e. The summed E-state index contributed by atoms with van der Waals surface area (Å²) in [5, 5.41) is 7.69. The van der Waals surface area contributed by atoms with Crippen LogP contribution in [0.25, 0.3) is 11.5 Å². The third-order valence-corrected chi connectivity index (χ3v) is 5.40. The Hall–Kier alpha value is -1.69. The summed E-state index contributed by atoms with van der Waals surface area (Å²) in [6.07, 6.45) is 9.95. The van der Waals surface area contributed by atoms with Gasteiger partial charge in [0.05, 0.1) is 5.92 Å². The Labute approximate surface area is 136 Å². The molecule has 6 nitrogen and oxygen atoms in total. The van der Waals surface area contributed by atoms with Gasteiger partial charge < -0.3 is 14.3 Å². The van der Waals surface area contributed by atoms with Gasteiger partial charge in [-0.1, -0.05) is 31.3 Å². The molecule has 1 spiro atoms. The van der Waals surface area contributed by atoms with Crippen LogP contribution in [0.5, 0.6) is 0 Å². The summed E-state index contributed by atoms with van der Waals surface area (Å²) in [6.45, 7) is 4.11. The maximum atomic E-state index is 5.62. The zero-order valence-electron chi connectivity index (χ0n) is 13.7. The van der Waals surface area contributed by atoms with Crippen molar-refractivity contribution in [2.75, 3.05) is 13.1 Å². The summed E-state index contributed by atoms with van der Waals surface area (Å²) in [5.74, 6) is 2.36. The van der Waals surface area contributed by atoms with Gasteiger partial charge in [-0.15, -0.1) is 0 Å². The van der Waals surface area contributed by atoms with Gasteiger partial charge in [0.1, 0.15) is 12.0 Å². The molecule has 1 unspecified atom stereocenters. The van der Waals surface area contributed by atoms with Crippen LogP contribution in [0.15, 0.2) is 15.2 Å². The Morgan fingerprint density at radius 1 is 1.26 bits per heavy atom. The molecule has 4 rings (SSSR count). The van der Waals surface area contributed by atoms with Crippen LogP contribution in [-0.4, -0.2) is 28.2 Å². The summed E-state index contributed by atoms with van der Waals surface area (Å²) < 4.78 is 11.1. The first-order chi connectivity index (χ1) is 11.3. The molecule has 2 aromatic rings. The van der Waals surface area contributed by atoms with Crippen molar-refractivity contribution < 1.29 is 8.94 Å². The maximum absolute atomic E-state index is 5.62. The van der Waals surface area contributed by atoms with E-state index in [4.69, 9.17) is 8.94 Å². The Balaban J connectivity index is 1.57.